The van der Waals surface area contributed by atoms with Crippen molar-refractivity contribution in [3.63, 3.8) is 0 Å². The number of rotatable bonds is 2. The van der Waals surface area contributed by atoms with Crippen molar-refractivity contribution in [2.75, 3.05) is 5.75 Å². The van der Waals surface area contributed by atoms with Gasteiger partial charge in [0, 0.05) is 0 Å². The lowest BCUT2D eigenvalue weighted by Crippen LogP contribution is -1.65. The van der Waals surface area contributed by atoms with Crippen molar-refractivity contribution in [2.45, 2.75) is 19.8 Å². The lowest BCUT2D eigenvalue weighted by Gasteiger charge is -1.78. The second-order valence-corrected chi connectivity index (χ2v) is 5.20. The van der Waals surface area contributed by atoms with Gasteiger partial charge in [-0.3, -0.25) is 0 Å². The largest absolute Gasteiger partial charge is 0.471 e. The predicted octanol–water partition coefficient (Wildman–Crippen LogP) is -0.720. The number of hydrogen-bond acceptors (Lipinski definition) is 2. The van der Waals surface area contributed by atoms with Crippen molar-refractivity contribution in [3.8, 4) is 0 Å². The van der Waals surface area contributed by atoms with Crippen LogP contribution in [0.2, 0.25) is 0 Å². The molecule has 0 aromatic carbocycles. The Morgan fingerprint density at radius 1 is 1.50 bits per heavy atom. The molecule has 0 saturated carbocycles. The maximum atomic E-state index is 4.53. The molecule has 1 nitrogen and oxygen atoms in total. The van der Waals surface area contributed by atoms with E-state index in [1.807, 2.05) is 0 Å². The fourth-order valence-electron chi connectivity index (χ4n) is 0.158. The molecule has 0 heterocycles. The van der Waals surface area contributed by atoms with Crippen molar-refractivity contribution < 1.29 is 4.12 Å². The molecule has 52 valence electrons. The Labute approximate surface area is 63.7 Å². The third kappa shape index (κ3) is 29.6. The van der Waals surface area contributed by atoms with Gasteiger partial charge < -0.3 is 4.12 Å². The second-order valence-electron chi connectivity index (χ2n) is 1.49. The summed E-state index contributed by atoms with van der Waals surface area (Å²) in [4.78, 5) is 0. The molecule has 0 bridgehead atoms. The van der Waals surface area contributed by atoms with Gasteiger partial charge in [0.25, 0.3) is 0 Å². The van der Waals surface area contributed by atoms with Crippen LogP contribution in [0.5, 0.6) is 0 Å². The van der Waals surface area contributed by atoms with Gasteiger partial charge in [0.1, 0.15) is 21.0 Å². The smallest absolute Gasteiger partial charge is 0.129 e. The van der Waals surface area contributed by atoms with Crippen molar-refractivity contribution >= 4 is 33.6 Å². The molecule has 4 heteroatoms. The SMILES string of the molecule is CCCCS.[SiH3]O[SiH3]. The average Bonchev–Trinajstić information content (AvgIpc) is 1.71. The molecular formula is C4H16OSSi2. The summed E-state index contributed by atoms with van der Waals surface area (Å²) in [5, 5.41) is 0. The molecule has 0 aliphatic carbocycles. The molecule has 0 aliphatic rings. The summed E-state index contributed by atoms with van der Waals surface area (Å²) in [6.45, 7) is 2.16. The van der Waals surface area contributed by atoms with Crippen LogP contribution in [0, 0.1) is 0 Å². The van der Waals surface area contributed by atoms with Gasteiger partial charge in [-0.2, -0.15) is 12.6 Å². The van der Waals surface area contributed by atoms with Gasteiger partial charge in [-0.05, 0) is 12.2 Å². The highest BCUT2D eigenvalue weighted by Crippen LogP contribution is 1.85. The summed E-state index contributed by atoms with van der Waals surface area (Å²) >= 11 is 4.00. The van der Waals surface area contributed by atoms with Crippen molar-refractivity contribution in [1.82, 2.24) is 0 Å². The zero-order valence-electron chi connectivity index (χ0n) is 5.98. The van der Waals surface area contributed by atoms with Crippen molar-refractivity contribution in [2.24, 2.45) is 0 Å². The Balaban J connectivity index is 0. The van der Waals surface area contributed by atoms with Crippen LogP contribution in [-0.2, 0) is 4.12 Å². The van der Waals surface area contributed by atoms with Gasteiger partial charge in [0.15, 0.2) is 0 Å². The van der Waals surface area contributed by atoms with E-state index in [0.29, 0.717) is 0 Å². The van der Waals surface area contributed by atoms with E-state index in [1.165, 1.54) is 12.8 Å². The van der Waals surface area contributed by atoms with Crippen LogP contribution in [0.4, 0.5) is 0 Å². The first-order valence-corrected chi connectivity index (χ1v) is 5.11. The van der Waals surface area contributed by atoms with E-state index in [9.17, 15) is 0 Å². The van der Waals surface area contributed by atoms with Gasteiger partial charge in [-0.1, -0.05) is 13.3 Å². The zero-order valence-corrected chi connectivity index (χ0v) is 10.9. The van der Waals surface area contributed by atoms with E-state index in [0.717, 1.165) is 26.7 Å². The van der Waals surface area contributed by atoms with Crippen LogP contribution in [-0.4, -0.2) is 26.7 Å². The first-order chi connectivity index (χ1) is 3.83. The maximum Gasteiger partial charge on any atom is 0.129 e. The molecule has 0 aromatic rings. The fourth-order valence-corrected chi connectivity index (χ4v) is 0.474. The molecule has 0 saturated heterocycles. The van der Waals surface area contributed by atoms with Crippen LogP contribution in [0.1, 0.15) is 19.8 Å². The monoisotopic (exact) mass is 168 g/mol. The quantitative estimate of drug-likeness (QED) is 0.423. The Bertz CT molecular complexity index is 28.0. The highest BCUT2D eigenvalue weighted by molar-refractivity contribution is 7.80. The summed E-state index contributed by atoms with van der Waals surface area (Å²) in [6.07, 6.45) is 2.52. The second kappa shape index (κ2) is 15.6. The van der Waals surface area contributed by atoms with Crippen LogP contribution >= 0.6 is 12.6 Å². The maximum absolute atomic E-state index is 4.53. The third-order valence-electron chi connectivity index (χ3n) is 0.512. The van der Waals surface area contributed by atoms with E-state index < -0.39 is 0 Å². The number of thiol groups is 1. The first kappa shape index (κ1) is 11.5. The molecular weight excluding hydrogens is 152 g/mol. The third-order valence-corrected chi connectivity index (χ3v) is 0.828. The predicted molar refractivity (Wildman–Crippen MR) is 49.7 cm³/mol. The van der Waals surface area contributed by atoms with Gasteiger partial charge in [-0.25, -0.2) is 0 Å². The van der Waals surface area contributed by atoms with Crippen molar-refractivity contribution in [3.05, 3.63) is 0 Å². The van der Waals surface area contributed by atoms with E-state index in [4.69, 9.17) is 0 Å². The standard InChI is InChI=1S/C4H10S.H6OSi2/c1-2-3-4-5;2-1-3/h5H,2-4H2,1H3;2-3H3. The summed E-state index contributed by atoms with van der Waals surface area (Å²) in [6, 6.07) is 0. The molecule has 8 heavy (non-hydrogen) atoms. The fraction of sp³-hybridized carbons (Fsp3) is 1.00. The normalized spacial score (nSPS) is 8.25. The lowest BCUT2D eigenvalue weighted by atomic mass is 10.4. The van der Waals surface area contributed by atoms with Gasteiger partial charge >= 0.3 is 0 Å². The van der Waals surface area contributed by atoms with Crippen molar-refractivity contribution in [1.29, 1.82) is 0 Å². The van der Waals surface area contributed by atoms with Gasteiger partial charge in [0.05, 0.1) is 0 Å². The minimum atomic E-state index is 0.931. The highest BCUT2D eigenvalue weighted by Gasteiger charge is 1.68. The van der Waals surface area contributed by atoms with E-state index in [-0.39, 0.29) is 0 Å². The lowest BCUT2D eigenvalue weighted by molar-refractivity contribution is 0.690. The Morgan fingerprint density at radius 3 is 1.88 bits per heavy atom. The van der Waals surface area contributed by atoms with Gasteiger partial charge in [0.2, 0.25) is 0 Å². The molecule has 0 amide bonds. The summed E-state index contributed by atoms with van der Waals surface area (Å²) in [5.74, 6) is 1.04. The molecule has 0 atom stereocenters. The number of unbranched alkanes of at least 4 members (excludes halogenated alkanes) is 1. The van der Waals surface area contributed by atoms with E-state index in [2.05, 4.69) is 23.7 Å². The van der Waals surface area contributed by atoms with E-state index in [1.54, 1.807) is 0 Å². The molecule has 0 aliphatic heterocycles. The Morgan fingerprint density at radius 2 is 1.88 bits per heavy atom. The molecule has 0 aromatic heterocycles. The average molecular weight is 168 g/mol. The number of hydrogen-bond donors (Lipinski definition) is 1. The van der Waals surface area contributed by atoms with Crippen LogP contribution in [0.3, 0.4) is 0 Å². The summed E-state index contributed by atoms with van der Waals surface area (Å²) in [7, 11) is 1.86. The molecule has 0 fully saturated rings. The first-order valence-electron chi connectivity index (χ1n) is 2.84. The Kier molecular flexibility index (Phi) is 22.6. The molecule has 0 rings (SSSR count). The molecule has 0 N–H and O–H groups in total. The van der Waals surface area contributed by atoms with Crippen LogP contribution < -0.4 is 0 Å². The molecule has 0 spiro atoms. The van der Waals surface area contributed by atoms with Crippen LogP contribution in [0.15, 0.2) is 0 Å². The minimum absolute atomic E-state index is 0.931. The summed E-state index contributed by atoms with van der Waals surface area (Å²) < 4.78 is 4.53. The molecule has 0 unspecified atom stereocenters. The van der Waals surface area contributed by atoms with E-state index >= 15 is 0 Å². The topological polar surface area (TPSA) is 9.23 Å². The van der Waals surface area contributed by atoms with Crippen LogP contribution in [0.25, 0.3) is 0 Å². The Hall–Kier alpha value is 0.744. The minimum Gasteiger partial charge on any atom is -0.471 e. The highest BCUT2D eigenvalue weighted by atomic mass is 32.1. The molecule has 0 radical (unpaired) electrons. The summed E-state index contributed by atoms with van der Waals surface area (Å²) in [5.41, 5.74) is 0. The zero-order chi connectivity index (χ0) is 6.83. The van der Waals surface area contributed by atoms with Gasteiger partial charge in [-0.15, -0.1) is 0 Å².